The molecule has 0 aromatic heterocycles. The third-order valence-electron chi connectivity index (χ3n) is 2.55. The Morgan fingerprint density at radius 2 is 1.67 bits per heavy atom. The van der Waals surface area contributed by atoms with Crippen molar-refractivity contribution in [3.8, 4) is 0 Å². The monoisotopic (exact) mass is 172 g/mol. The molecule has 1 fully saturated rings. The number of rotatable bonds is 1. The van der Waals surface area contributed by atoms with E-state index in [0.29, 0.717) is 12.8 Å². The second kappa shape index (κ2) is 4.45. The number of aliphatic carboxylic acids is 1. The van der Waals surface area contributed by atoms with Crippen LogP contribution in [-0.4, -0.2) is 22.3 Å². The van der Waals surface area contributed by atoms with Gasteiger partial charge in [-0.05, 0) is 12.8 Å². The van der Waals surface area contributed by atoms with E-state index in [1.807, 2.05) is 0 Å². The molecule has 0 aromatic rings. The molecular formula is C9H16O3. The zero-order valence-corrected chi connectivity index (χ0v) is 7.20. The van der Waals surface area contributed by atoms with Gasteiger partial charge in [0.05, 0.1) is 12.0 Å². The van der Waals surface area contributed by atoms with Gasteiger partial charge in [-0.2, -0.15) is 0 Å². The van der Waals surface area contributed by atoms with E-state index in [4.69, 9.17) is 5.11 Å². The standard InChI is InChI=1S/C9H16O3/c10-8-6-4-2-1-3-5-7(8)9(11)12/h7-8,10H,1-6H2,(H,11,12)/t7-,8-/m1/s1. The Morgan fingerprint density at radius 3 is 2.25 bits per heavy atom. The lowest BCUT2D eigenvalue weighted by atomic mass is 9.89. The predicted molar refractivity (Wildman–Crippen MR) is 44.8 cm³/mol. The molecule has 0 radical (unpaired) electrons. The molecule has 1 rings (SSSR count). The maximum atomic E-state index is 10.7. The molecule has 1 aliphatic carbocycles. The minimum Gasteiger partial charge on any atom is -0.481 e. The van der Waals surface area contributed by atoms with E-state index in [9.17, 15) is 9.90 Å². The number of carboxylic acid groups (broad SMARTS) is 1. The van der Waals surface area contributed by atoms with Crippen LogP contribution in [0.5, 0.6) is 0 Å². The highest BCUT2D eigenvalue weighted by Crippen LogP contribution is 2.22. The van der Waals surface area contributed by atoms with Crippen molar-refractivity contribution in [3.63, 3.8) is 0 Å². The summed E-state index contributed by atoms with van der Waals surface area (Å²) in [5, 5.41) is 18.2. The average molecular weight is 172 g/mol. The molecule has 70 valence electrons. The fourth-order valence-electron chi connectivity index (χ4n) is 1.75. The first-order valence-electron chi connectivity index (χ1n) is 4.62. The first-order chi connectivity index (χ1) is 5.72. The Kier molecular flexibility index (Phi) is 3.53. The van der Waals surface area contributed by atoms with Gasteiger partial charge >= 0.3 is 5.97 Å². The van der Waals surface area contributed by atoms with Gasteiger partial charge in [-0.1, -0.05) is 25.7 Å². The van der Waals surface area contributed by atoms with Crippen LogP contribution in [0.15, 0.2) is 0 Å². The molecule has 0 heterocycles. The Bertz CT molecular complexity index is 156. The van der Waals surface area contributed by atoms with Gasteiger partial charge in [-0.3, -0.25) is 4.79 Å². The summed E-state index contributed by atoms with van der Waals surface area (Å²) in [7, 11) is 0. The summed E-state index contributed by atoms with van der Waals surface area (Å²) in [6.07, 6.45) is 4.80. The highest BCUT2D eigenvalue weighted by molar-refractivity contribution is 5.70. The summed E-state index contributed by atoms with van der Waals surface area (Å²) in [5.41, 5.74) is 0. The molecule has 0 aliphatic heterocycles. The molecule has 0 amide bonds. The van der Waals surface area contributed by atoms with E-state index in [0.717, 1.165) is 25.7 Å². The molecule has 0 aromatic carbocycles. The van der Waals surface area contributed by atoms with E-state index in [-0.39, 0.29) is 0 Å². The number of carbonyl (C=O) groups is 1. The Hall–Kier alpha value is -0.570. The smallest absolute Gasteiger partial charge is 0.309 e. The van der Waals surface area contributed by atoms with Crippen LogP contribution in [0.4, 0.5) is 0 Å². The molecule has 3 heteroatoms. The summed E-state index contributed by atoms with van der Waals surface area (Å²) >= 11 is 0. The second-order valence-electron chi connectivity index (χ2n) is 3.50. The predicted octanol–water partition coefficient (Wildman–Crippen LogP) is 1.40. The summed E-state index contributed by atoms with van der Waals surface area (Å²) < 4.78 is 0. The summed E-state index contributed by atoms with van der Waals surface area (Å²) in [6, 6.07) is 0. The molecule has 1 saturated carbocycles. The molecular weight excluding hydrogens is 156 g/mol. The maximum absolute atomic E-state index is 10.7. The molecule has 2 atom stereocenters. The van der Waals surface area contributed by atoms with E-state index >= 15 is 0 Å². The van der Waals surface area contributed by atoms with E-state index < -0.39 is 18.0 Å². The molecule has 0 bridgehead atoms. The van der Waals surface area contributed by atoms with Gasteiger partial charge in [0.15, 0.2) is 0 Å². The second-order valence-corrected chi connectivity index (χ2v) is 3.50. The molecule has 12 heavy (non-hydrogen) atoms. The van der Waals surface area contributed by atoms with Crippen LogP contribution in [0.1, 0.15) is 38.5 Å². The molecule has 0 unspecified atom stereocenters. The first-order valence-corrected chi connectivity index (χ1v) is 4.62. The van der Waals surface area contributed by atoms with Gasteiger partial charge in [0.2, 0.25) is 0 Å². The van der Waals surface area contributed by atoms with Gasteiger partial charge in [0.1, 0.15) is 0 Å². The van der Waals surface area contributed by atoms with Crippen molar-refractivity contribution in [2.45, 2.75) is 44.6 Å². The van der Waals surface area contributed by atoms with E-state index in [2.05, 4.69) is 0 Å². The molecule has 1 aliphatic rings. The fourth-order valence-corrected chi connectivity index (χ4v) is 1.75. The average Bonchev–Trinajstić information content (AvgIpc) is 1.96. The van der Waals surface area contributed by atoms with Crippen molar-refractivity contribution < 1.29 is 15.0 Å². The number of hydrogen-bond acceptors (Lipinski definition) is 2. The van der Waals surface area contributed by atoms with Crippen LogP contribution < -0.4 is 0 Å². The minimum atomic E-state index is -0.843. The van der Waals surface area contributed by atoms with Crippen molar-refractivity contribution in [3.05, 3.63) is 0 Å². The highest BCUT2D eigenvalue weighted by atomic mass is 16.4. The van der Waals surface area contributed by atoms with Crippen molar-refractivity contribution in [1.29, 1.82) is 0 Å². The third-order valence-corrected chi connectivity index (χ3v) is 2.55. The third kappa shape index (κ3) is 2.48. The van der Waals surface area contributed by atoms with Gasteiger partial charge in [-0.15, -0.1) is 0 Å². The van der Waals surface area contributed by atoms with Gasteiger partial charge in [-0.25, -0.2) is 0 Å². The van der Waals surface area contributed by atoms with Crippen molar-refractivity contribution in [2.24, 2.45) is 5.92 Å². The lowest BCUT2D eigenvalue weighted by Gasteiger charge is -2.21. The first kappa shape index (κ1) is 9.52. The molecule has 3 nitrogen and oxygen atoms in total. The van der Waals surface area contributed by atoms with Crippen LogP contribution in [-0.2, 0) is 4.79 Å². The summed E-state index contributed by atoms with van der Waals surface area (Å²) in [5.74, 6) is -1.37. The fraction of sp³-hybridized carbons (Fsp3) is 0.889. The van der Waals surface area contributed by atoms with Crippen LogP contribution >= 0.6 is 0 Å². The lowest BCUT2D eigenvalue weighted by Crippen LogP contribution is -2.29. The SMILES string of the molecule is O=C(O)[C@@H]1CCCCCC[C@H]1O. The lowest BCUT2D eigenvalue weighted by molar-refractivity contribution is -0.146. The number of carboxylic acids is 1. The molecule has 0 spiro atoms. The Balaban J connectivity index is 2.48. The number of aliphatic hydroxyl groups is 1. The highest BCUT2D eigenvalue weighted by Gasteiger charge is 2.26. The topological polar surface area (TPSA) is 57.5 Å². The number of hydrogen-bond donors (Lipinski definition) is 2. The summed E-state index contributed by atoms with van der Waals surface area (Å²) in [4.78, 5) is 10.7. The van der Waals surface area contributed by atoms with Crippen LogP contribution in [0.2, 0.25) is 0 Å². The van der Waals surface area contributed by atoms with Crippen LogP contribution in [0.3, 0.4) is 0 Å². The Labute approximate surface area is 72.4 Å². The quantitative estimate of drug-likeness (QED) is 0.628. The van der Waals surface area contributed by atoms with Crippen LogP contribution in [0, 0.1) is 5.92 Å². The number of aliphatic hydroxyl groups excluding tert-OH is 1. The van der Waals surface area contributed by atoms with E-state index in [1.165, 1.54) is 0 Å². The largest absolute Gasteiger partial charge is 0.481 e. The summed E-state index contributed by atoms with van der Waals surface area (Å²) in [6.45, 7) is 0. The molecule has 0 saturated heterocycles. The Morgan fingerprint density at radius 1 is 1.08 bits per heavy atom. The maximum Gasteiger partial charge on any atom is 0.309 e. The van der Waals surface area contributed by atoms with Crippen molar-refractivity contribution >= 4 is 5.97 Å². The van der Waals surface area contributed by atoms with Crippen LogP contribution in [0.25, 0.3) is 0 Å². The van der Waals surface area contributed by atoms with E-state index in [1.54, 1.807) is 0 Å². The normalized spacial score (nSPS) is 32.1. The van der Waals surface area contributed by atoms with Gasteiger partial charge in [0, 0.05) is 0 Å². The molecule has 2 N–H and O–H groups in total. The van der Waals surface area contributed by atoms with Crippen molar-refractivity contribution in [1.82, 2.24) is 0 Å². The van der Waals surface area contributed by atoms with Gasteiger partial charge < -0.3 is 10.2 Å². The zero-order chi connectivity index (χ0) is 8.97. The van der Waals surface area contributed by atoms with Crippen molar-refractivity contribution in [2.75, 3.05) is 0 Å². The minimum absolute atomic E-state index is 0.523. The van der Waals surface area contributed by atoms with Gasteiger partial charge in [0.25, 0.3) is 0 Å². The zero-order valence-electron chi connectivity index (χ0n) is 7.20.